The van der Waals surface area contributed by atoms with E-state index in [0.29, 0.717) is 43.4 Å². The minimum atomic E-state index is -0.740. The maximum absolute atomic E-state index is 13.1. The molecule has 3 saturated carbocycles. The van der Waals surface area contributed by atoms with E-state index in [0.717, 1.165) is 32.0 Å². The fourth-order valence-electron chi connectivity index (χ4n) is 7.68. The minimum Gasteiger partial charge on any atom is -0.481 e. The van der Waals surface area contributed by atoms with Crippen molar-refractivity contribution in [3.8, 4) is 0 Å². The number of hydrogen-bond donors (Lipinski definition) is 1. The fraction of sp³-hybridized carbons (Fsp3) is 0.885. The van der Waals surface area contributed by atoms with Crippen LogP contribution in [0.25, 0.3) is 0 Å². The molecule has 32 heavy (non-hydrogen) atoms. The first-order chi connectivity index (χ1) is 15.2. The number of hydrogen-bond acceptors (Lipinski definition) is 5. The predicted molar refractivity (Wildman–Crippen MR) is 125 cm³/mol. The lowest BCUT2D eigenvalue weighted by atomic mass is 9.49. The van der Waals surface area contributed by atoms with Crippen LogP contribution in [0.1, 0.15) is 98.8 Å². The molecule has 0 amide bonds. The zero-order chi connectivity index (χ0) is 24.1. The van der Waals surface area contributed by atoms with Gasteiger partial charge in [-0.1, -0.05) is 39.8 Å². The van der Waals surface area contributed by atoms with Crippen LogP contribution < -0.4 is 0 Å². The Hall–Kier alpha value is -1.59. The summed E-state index contributed by atoms with van der Waals surface area (Å²) in [6, 6.07) is -0.394. The van der Waals surface area contributed by atoms with Crippen LogP contribution in [0.5, 0.6) is 0 Å². The predicted octanol–water partition coefficient (Wildman–Crippen LogP) is 6.06. The highest BCUT2D eigenvalue weighted by Gasteiger charge is 2.59. The van der Waals surface area contributed by atoms with Gasteiger partial charge in [0, 0.05) is 24.7 Å². The van der Waals surface area contributed by atoms with Crippen LogP contribution in [0.15, 0.2) is 5.18 Å². The van der Waals surface area contributed by atoms with E-state index in [1.807, 2.05) is 13.8 Å². The molecule has 0 aromatic heterocycles. The number of carboxylic acid groups (broad SMARTS) is 1. The van der Waals surface area contributed by atoms with Gasteiger partial charge in [0.1, 0.15) is 12.1 Å². The average molecular weight is 450 g/mol. The summed E-state index contributed by atoms with van der Waals surface area (Å²) in [7, 11) is 0. The fourth-order valence-corrected chi connectivity index (χ4v) is 7.68. The molecule has 182 valence electrons. The van der Waals surface area contributed by atoms with E-state index in [-0.39, 0.29) is 35.9 Å². The number of carboxylic acids is 1. The molecule has 0 spiro atoms. The van der Waals surface area contributed by atoms with Crippen molar-refractivity contribution in [1.29, 1.82) is 0 Å². The van der Waals surface area contributed by atoms with Gasteiger partial charge in [-0.15, -0.1) is 0 Å². The van der Waals surface area contributed by atoms with E-state index in [4.69, 9.17) is 5.11 Å². The van der Waals surface area contributed by atoms with Crippen LogP contribution in [0.3, 0.4) is 0 Å². The van der Waals surface area contributed by atoms with Gasteiger partial charge in [0.25, 0.3) is 0 Å². The first-order valence-electron chi connectivity index (χ1n) is 12.7. The zero-order valence-electron chi connectivity index (χ0n) is 20.6. The maximum atomic E-state index is 13.1. The zero-order valence-corrected chi connectivity index (χ0v) is 20.6. The molecule has 8 atom stereocenters. The van der Waals surface area contributed by atoms with Crippen LogP contribution in [-0.4, -0.2) is 29.2 Å². The lowest BCUT2D eigenvalue weighted by Gasteiger charge is -2.54. The van der Waals surface area contributed by atoms with Gasteiger partial charge in [-0.3, -0.25) is 9.59 Å². The van der Waals surface area contributed by atoms with E-state index < -0.39 is 17.4 Å². The lowest BCUT2D eigenvalue weighted by molar-refractivity contribution is -0.142. The van der Waals surface area contributed by atoms with Crippen LogP contribution in [0.2, 0.25) is 0 Å². The van der Waals surface area contributed by atoms with Gasteiger partial charge in [-0.05, 0) is 80.0 Å². The largest absolute Gasteiger partial charge is 0.481 e. The third-order valence-corrected chi connectivity index (χ3v) is 9.40. The number of carbonyl (C=O) groups excluding carboxylic acids is 2. The molecule has 3 aliphatic carbocycles. The molecule has 0 heterocycles. The quantitative estimate of drug-likeness (QED) is 0.359. The monoisotopic (exact) mass is 449 g/mol. The van der Waals surface area contributed by atoms with Gasteiger partial charge < -0.3 is 9.90 Å². The van der Waals surface area contributed by atoms with Gasteiger partial charge in [0.15, 0.2) is 0 Å². The minimum absolute atomic E-state index is 0.100. The van der Waals surface area contributed by atoms with Gasteiger partial charge in [0.05, 0.1) is 6.04 Å². The number of rotatable bonds is 8. The van der Waals surface area contributed by atoms with Crippen molar-refractivity contribution in [2.24, 2.45) is 45.6 Å². The Morgan fingerprint density at radius 1 is 1.16 bits per heavy atom. The Morgan fingerprint density at radius 2 is 1.84 bits per heavy atom. The molecular weight excluding hydrogens is 406 g/mol. The molecule has 3 unspecified atom stereocenters. The Morgan fingerprint density at radius 3 is 2.41 bits per heavy atom. The molecule has 3 rings (SSSR count). The number of nitroso groups, excluding NO2 is 1. The smallest absolute Gasteiger partial charge is 0.303 e. The molecule has 3 aliphatic rings. The number of carbonyl (C=O) groups is 3. The number of aldehydes is 1. The number of aliphatic carboxylic acids is 1. The molecule has 0 radical (unpaired) electrons. The second-order valence-electron chi connectivity index (χ2n) is 10.8. The summed E-state index contributed by atoms with van der Waals surface area (Å²) >= 11 is 0. The maximum Gasteiger partial charge on any atom is 0.303 e. The summed E-state index contributed by atoms with van der Waals surface area (Å²) in [4.78, 5) is 46.8. The molecule has 6 nitrogen and oxygen atoms in total. The summed E-state index contributed by atoms with van der Waals surface area (Å²) in [6.45, 7) is 10.6. The molecular formula is C26H43NO5. The Labute approximate surface area is 193 Å². The molecule has 0 aliphatic heterocycles. The van der Waals surface area contributed by atoms with Crippen molar-refractivity contribution < 1.29 is 19.5 Å². The lowest BCUT2D eigenvalue weighted by Crippen LogP contribution is -2.51. The third kappa shape index (κ3) is 4.99. The highest BCUT2D eigenvalue weighted by Crippen LogP contribution is 2.64. The second-order valence-corrected chi connectivity index (χ2v) is 10.8. The first kappa shape index (κ1) is 26.7. The van der Waals surface area contributed by atoms with Gasteiger partial charge >= 0.3 is 5.97 Å². The Bertz CT molecular complexity index is 694. The van der Waals surface area contributed by atoms with E-state index >= 15 is 0 Å². The number of ketones is 1. The molecule has 6 heteroatoms. The summed E-state index contributed by atoms with van der Waals surface area (Å²) < 4.78 is 0. The van der Waals surface area contributed by atoms with Crippen LogP contribution in [0.4, 0.5) is 0 Å². The van der Waals surface area contributed by atoms with Gasteiger partial charge in [0.2, 0.25) is 0 Å². The van der Waals surface area contributed by atoms with E-state index in [9.17, 15) is 19.3 Å². The summed E-state index contributed by atoms with van der Waals surface area (Å²) in [5.41, 5.74) is -0.369. The van der Waals surface area contributed by atoms with Gasteiger partial charge in [-0.2, -0.15) is 4.91 Å². The molecule has 0 aromatic rings. The van der Waals surface area contributed by atoms with Crippen molar-refractivity contribution in [2.45, 2.75) is 105 Å². The van der Waals surface area contributed by atoms with Crippen molar-refractivity contribution in [3.63, 3.8) is 0 Å². The second kappa shape index (κ2) is 11.0. The van der Waals surface area contributed by atoms with Crippen molar-refractivity contribution in [3.05, 3.63) is 4.91 Å². The number of fused-ring (bicyclic) bond motifs is 1. The summed E-state index contributed by atoms with van der Waals surface area (Å²) in [5.74, 6) is 0.973. The molecule has 0 bridgehead atoms. The topological polar surface area (TPSA) is 101 Å². The SMILES string of the molecule is CC.C[C@H](CCC(=O)O)[C@H]1CCC2C(CC=O)C([C@@]3(C)CC[C@H](N=O)CC3=O)CC[C@@]21C. The third-order valence-electron chi connectivity index (χ3n) is 9.40. The normalized spacial score (nSPS) is 39.9. The summed E-state index contributed by atoms with van der Waals surface area (Å²) in [6.07, 6.45) is 8.07. The Balaban J connectivity index is 0.00000176. The molecule has 0 aromatic carbocycles. The van der Waals surface area contributed by atoms with Crippen molar-refractivity contribution in [1.82, 2.24) is 0 Å². The van der Waals surface area contributed by atoms with Crippen molar-refractivity contribution >= 4 is 18.0 Å². The van der Waals surface area contributed by atoms with E-state index in [1.54, 1.807) is 0 Å². The van der Waals surface area contributed by atoms with Crippen LogP contribution in [0, 0.1) is 45.3 Å². The standard InChI is InChI=1S/C24H37NO5.C2H6/c1-15(4-7-22(28)29)18-5-6-19-17(10-13-26)20(9-12-23(18,19)2)24(3)11-8-16(25-30)14-21(24)27;1-2/h13,15-20H,4-12,14H2,1-3H3,(H,28,29);1-2H3/t15-,16+,17?,18-,19?,20?,23-,24-;/m1./s1. The Kier molecular flexibility index (Phi) is 9.18. The number of Topliss-reactive ketones (excluding diaryl/α,β-unsaturated/α-hetero) is 1. The van der Waals surface area contributed by atoms with Crippen molar-refractivity contribution in [2.75, 3.05) is 0 Å². The molecule has 3 fully saturated rings. The highest BCUT2D eigenvalue weighted by atomic mass is 16.4. The molecule has 0 saturated heterocycles. The highest BCUT2D eigenvalue weighted by molar-refractivity contribution is 5.86. The molecule has 1 N–H and O–H groups in total. The van der Waals surface area contributed by atoms with Gasteiger partial charge in [-0.25, -0.2) is 0 Å². The first-order valence-corrected chi connectivity index (χ1v) is 12.7. The van der Waals surface area contributed by atoms with Crippen LogP contribution in [-0.2, 0) is 14.4 Å². The average Bonchev–Trinajstić information content (AvgIpc) is 3.13. The summed E-state index contributed by atoms with van der Waals surface area (Å²) in [5, 5.41) is 12.2. The van der Waals surface area contributed by atoms with Crippen LogP contribution >= 0.6 is 0 Å². The number of nitrogens with zero attached hydrogens (tertiary/aromatic N) is 1. The van der Waals surface area contributed by atoms with E-state index in [1.165, 1.54) is 0 Å². The van der Waals surface area contributed by atoms with E-state index in [2.05, 4.69) is 25.9 Å².